The monoisotopic (exact) mass is 313 g/mol. The van der Waals surface area contributed by atoms with Crippen LogP contribution in [0.15, 0.2) is 46.8 Å². The zero-order valence-electron chi connectivity index (χ0n) is 12.1. The number of hydrogen-bond donors (Lipinski definition) is 1. The van der Waals surface area contributed by atoms with Crippen molar-refractivity contribution in [2.24, 2.45) is 0 Å². The Morgan fingerprint density at radius 1 is 1.36 bits per heavy atom. The SMILES string of the molecule is Cc1cccn2c(=O)c(C(=O)NCCc3cccs3)cnc12. The van der Waals surface area contributed by atoms with Crippen molar-refractivity contribution in [3.05, 3.63) is 68.4 Å². The van der Waals surface area contributed by atoms with Crippen LogP contribution in [0.1, 0.15) is 20.8 Å². The Hall–Kier alpha value is -2.47. The van der Waals surface area contributed by atoms with E-state index in [9.17, 15) is 9.59 Å². The number of pyridine rings is 1. The molecule has 0 atom stereocenters. The van der Waals surface area contributed by atoms with Crippen molar-refractivity contribution in [2.45, 2.75) is 13.3 Å². The molecule has 0 saturated heterocycles. The molecule has 1 amide bonds. The molecule has 22 heavy (non-hydrogen) atoms. The number of carbonyl (C=O) groups is 1. The zero-order valence-corrected chi connectivity index (χ0v) is 12.9. The van der Waals surface area contributed by atoms with E-state index in [2.05, 4.69) is 10.3 Å². The highest BCUT2D eigenvalue weighted by atomic mass is 32.1. The number of nitrogens with one attached hydrogen (secondary N) is 1. The topological polar surface area (TPSA) is 63.5 Å². The Kier molecular flexibility index (Phi) is 4.02. The minimum absolute atomic E-state index is 0.0641. The lowest BCUT2D eigenvalue weighted by atomic mass is 10.2. The summed E-state index contributed by atoms with van der Waals surface area (Å²) in [6.45, 7) is 2.37. The molecule has 0 spiro atoms. The Morgan fingerprint density at radius 2 is 2.23 bits per heavy atom. The van der Waals surface area contributed by atoms with Crippen molar-refractivity contribution >= 4 is 22.9 Å². The lowest BCUT2D eigenvalue weighted by Gasteiger charge is -2.06. The quantitative estimate of drug-likeness (QED) is 0.801. The lowest BCUT2D eigenvalue weighted by molar-refractivity contribution is 0.0952. The van der Waals surface area contributed by atoms with Gasteiger partial charge in [-0.15, -0.1) is 11.3 Å². The molecule has 1 N–H and O–H groups in total. The Labute approximate surface area is 131 Å². The first kappa shape index (κ1) is 14.5. The van der Waals surface area contributed by atoms with E-state index in [0.29, 0.717) is 12.2 Å². The van der Waals surface area contributed by atoms with Crippen molar-refractivity contribution < 1.29 is 4.79 Å². The van der Waals surface area contributed by atoms with Gasteiger partial charge < -0.3 is 5.32 Å². The van der Waals surface area contributed by atoms with E-state index >= 15 is 0 Å². The molecule has 6 heteroatoms. The smallest absolute Gasteiger partial charge is 0.270 e. The summed E-state index contributed by atoms with van der Waals surface area (Å²) in [6.07, 6.45) is 3.73. The van der Waals surface area contributed by atoms with Gasteiger partial charge in [-0.3, -0.25) is 14.0 Å². The van der Waals surface area contributed by atoms with Gasteiger partial charge in [-0.05, 0) is 36.4 Å². The van der Waals surface area contributed by atoms with Crippen LogP contribution in [-0.2, 0) is 6.42 Å². The lowest BCUT2D eigenvalue weighted by Crippen LogP contribution is -2.32. The van der Waals surface area contributed by atoms with E-state index in [0.717, 1.165) is 12.0 Å². The summed E-state index contributed by atoms with van der Waals surface area (Å²) in [5.41, 5.74) is 1.18. The van der Waals surface area contributed by atoms with Gasteiger partial charge in [0, 0.05) is 23.8 Å². The Bertz CT molecular complexity index is 869. The van der Waals surface area contributed by atoms with E-state index in [1.807, 2.05) is 30.5 Å². The van der Waals surface area contributed by atoms with Crippen molar-refractivity contribution in [2.75, 3.05) is 6.54 Å². The predicted molar refractivity (Wildman–Crippen MR) is 86.6 cm³/mol. The van der Waals surface area contributed by atoms with Crippen molar-refractivity contribution in [3.8, 4) is 0 Å². The summed E-state index contributed by atoms with van der Waals surface area (Å²) in [5, 5.41) is 4.77. The van der Waals surface area contributed by atoms with Gasteiger partial charge in [0.25, 0.3) is 11.5 Å². The molecule has 0 aromatic carbocycles. The molecule has 0 unspecified atom stereocenters. The molecule has 0 bridgehead atoms. The normalized spacial score (nSPS) is 10.8. The summed E-state index contributed by atoms with van der Waals surface area (Å²) in [6, 6.07) is 7.64. The van der Waals surface area contributed by atoms with Crippen LogP contribution in [-0.4, -0.2) is 21.8 Å². The highest BCUT2D eigenvalue weighted by molar-refractivity contribution is 7.09. The first-order chi connectivity index (χ1) is 10.7. The maximum atomic E-state index is 12.4. The average Bonchev–Trinajstić information content (AvgIpc) is 3.02. The van der Waals surface area contributed by atoms with Gasteiger partial charge in [-0.1, -0.05) is 12.1 Å². The van der Waals surface area contributed by atoms with Gasteiger partial charge >= 0.3 is 0 Å². The van der Waals surface area contributed by atoms with E-state index in [1.54, 1.807) is 23.6 Å². The molecule has 5 nitrogen and oxygen atoms in total. The first-order valence-corrected chi connectivity index (χ1v) is 7.82. The third-order valence-electron chi connectivity index (χ3n) is 3.41. The molecule has 0 aliphatic rings. The van der Waals surface area contributed by atoms with Gasteiger partial charge in [0.15, 0.2) is 0 Å². The fourth-order valence-electron chi connectivity index (χ4n) is 2.25. The number of nitrogens with zero attached hydrogens (tertiary/aromatic N) is 2. The Morgan fingerprint density at radius 3 is 3.00 bits per heavy atom. The van der Waals surface area contributed by atoms with Crippen LogP contribution in [0.2, 0.25) is 0 Å². The standard InChI is InChI=1S/C16H15N3O2S/c1-11-4-2-8-19-14(11)18-10-13(16(19)21)15(20)17-7-6-12-5-3-9-22-12/h2-5,8-10H,6-7H2,1H3,(H,17,20). The minimum atomic E-state index is -0.384. The molecule has 0 saturated carbocycles. The molecule has 3 heterocycles. The number of aryl methyl sites for hydroxylation is 1. The van der Waals surface area contributed by atoms with Crippen molar-refractivity contribution in [1.29, 1.82) is 0 Å². The van der Waals surface area contributed by atoms with Gasteiger partial charge in [-0.25, -0.2) is 4.98 Å². The summed E-state index contributed by atoms with van der Waals surface area (Å²) in [7, 11) is 0. The number of rotatable bonds is 4. The summed E-state index contributed by atoms with van der Waals surface area (Å²) in [4.78, 5) is 30.0. The second kappa shape index (κ2) is 6.11. The predicted octanol–water partition coefficient (Wildman–Crippen LogP) is 2.04. The van der Waals surface area contributed by atoms with E-state index in [1.165, 1.54) is 15.5 Å². The number of hydrogen-bond acceptors (Lipinski definition) is 4. The Balaban J connectivity index is 1.79. The fraction of sp³-hybridized carbons (Fsp3) is 0.188. The first-order valence-electron chi connectivity index (χ1n) is 6.94. The fourth-order valence-corrected chi connectivity index (χ4v) is 2.96. The molecule has 0 aliphatic carbocycles. The minimum Gasteiger partial charge on any atom is -0.351 e. The van der Waals surface area contributed by atoms with Crippen LogP contribution >= 0.6 is 11.3 Å². The molecule has 0 fully saturated rings. The van der Waals surface area contributed by atoms with E-state index in [4.69, 9.17) is 0 Å². The molecule has 3 rings (SSSR count). The maximum Gasteiger partial charge on any atom is 0.270 e. The van der Waals surface area contributed by atoms with Gasteiger partial charge in [0.1, 0.15) is 11.2 Å². The van der Waals surface area contributed by atoms with Gasteiger partial charge in [0.2, 0.25) is 0 Å². The second-order valence-electron chi connectivity index (χ2n) is 4.95. The molecule has 3 aromatic heterocycles. The molecule has 0 aliphatic heterocycles. The number of aromatic nitrogens is 2. The number of fused-ring (bicyclic) bond motifs is 1. The largest absolute Gasteiger partial charge is 0.351 e. The third kappa shape index (κ3) is 2.78. The number of carbonyl (C=O) groups excluding carboxylic acids is 1. The number of amides is 1. The zero-order chi connectivity index (χ0) is 15.5. The second-order valence-corrected chi connectivity index (χ2v) is 5.98. The van der Waals surface area contributed by atoms with Crippen LogP contribution in [0.3, 0.4) is 0 Å². The van der Waals surface area contributed by atoms with Crippen LogP contribution in [0.5, 0.6) is 0 Å². The molecular formula is C16H15N3O2S. The third-order valence-corrected chi connectivity index (χ3v) is 4.35. The van der Waals surface area contributed by atoms with Crippen molar-refractivity contribution in [3.63, 3.8) is 0 Å². The van der Waals surface area contributed by atoms with Crippen molar-refractivity contribution in [1.82, 2.24) is 14.7 Å². The highest BCUT2D eigenvalue weighted by Gasteiger charge is 2.13. The number of thiophene rings is 1. The molecular weight excluding hydrogens is 298 g/mol. The van der Waals surface area contributed by atoms with Crippen LogP contribution < -0.4 is 10.9 Å². The summed E-state index contributed by atoms with van der Waals surface area (Å²) < 4.78 is 1.41. The van der Waals surface area contributed by atoms with Gasteiger partial charge in [-0.2, -0.15) is 0 Å². The van der Waals surface area contributed by atoms with E-state index < -0.39 is 0 Å². The molecule has 0 radical (unpaired) electrons. The summed E-state index contributed by atoms with van der Waals surface area (Å²) >= 11 is 1.65. The van der Waals surface area contributed by atoms with Gasteiger partial charge in [0.05, 0.1) is 0 Å². The van der Waals surface area contributed by atoms with Crippen LogP contribution in [0.4, 0.5) is 0 Å². The summed E-state index contributed by atoms with van der Waals surface area (Å²) in [5.74, 6) is -0.384. The maximum absolute atomic E-state index is 12.4. The average molecular weight is 313 g/mol. The highest BCUT2D eigenvalue weighted by Crippen LogP contribution is 2.08. The van der Waals surface area contributed by atoms with Crippen LogP contribution in [0.25, 0.3) is 5.65 Å². The molecule has 112 valence electrons. The van der Waals surface area contributed by atoms with E-state index in [-0.39, 0.29) is 17.0 Å². The molecule has 3 aromatic rings. The van der Waals surface area contributed by atoms with Crippen LogP contribution in [0, 0.1) is 6.92 Å².